The summed E-state index contributed by atoms with van der Waals surface area (Å²) in [6, 6.07) is 0. The van der Waals surface area contributed by atoms with E-state index in [1.165, 1.54) is 10.9 Å². The summed E-state index contributed by atoms with van der Waals surface area (Å²) >= 11 is 0. The quantitative estimate of drug-likeness (QED) is 0.840. The highest BCUT2D eigenvalue weighted by molar-refractivity contribution is 5.66. The van der Waals surface area contributed by atoms with Crippen LogP contribution >= 0.6 is 0 Å². The molecule has 18 heavy (non-hydrogen) atoms. The number of carbonyl (C=O) groups is 1. The second kappa shape index (κ2) is 4.82. The van der Waals surface area contributed by atoms with Gasteiger partial charge in [0.1, 0.15) is 6.54 Å². The highest BCUT2D eigenvalue weighted by Crippen LogP contribution is 2.12. The zero-order valence-corrected chi connectivity index (χ0v) is 10.1. The van der Waals surface area contributed by atoms with Crippen LogP contribution in [0.25, 0.3) is 0 Å². The number of nitrogens with one attached hydrogen (secondary N) is 1. The number of aryl methyl sites for hydroxylation is 2. The Morgan fingerprint density at radius 3 is 2.89 bits per heavy atom. The van der Waals surface area contributed by atoms with E-state index in [-0.39, 0.29) is 6.54 Å². The molecule has 2 rings (SSSR count). The van der Waals surface area contributed by atoms with E-state index in [1.807, 2.05) is 13.8 Å². The van der Waals surface area contributed by atoms with Crippen LogP contribution in [0.15, 0.2) is 18.6 Å². The number of nitrogens with zero attached hydrogens (tertiary/aromatic N) is 4. The molecule has 94 valence electrons. The maximum absolute atomic E-state index is 10.5. The highest BCUT2D eigenvalue weighted by atomic mass is 16.4. The van der Waals surface area contributed by atoms with Gasteiger partial charge in [-0.2, -0.15) is 5.10 Å². The van der Waals surface area contributed by atoms with E-state index in [1.54, 1.807) is 12.4 Å². The summed E-state index contributed by atoms with van der Waals surface area (Å²) in [5, 5.41) is 15.5. The Hall–Kier alpha value is -2.44. The molecule has 0 amide bonds. The zero-order valence-electron chi connectivity index (χ0n) is 10.1. The van der Waals surface area contributed by atoms with Crippen molar-refractivity contribution in [3.63, 3.8) is 0 Å². The summed E-state index contributed by atoms with van der Waals surface area (Å²) in [5.41, 5.74) is 2.56. The van der Waals surface area contributed by atoms with Crippen LogP contribution in [0, 0.1) is 13.8 Å². The van der Waals surface area contributed by atoms with Gasteiger partial charge in [0.2, 0.25) is 5.95 Å². The first kappa shape index (κ1) is 12.0. The van der Waals surface area contributed by atoms with Crippen molar-refractivity contribution in [3.05, 3.63) is 29.8 Å². The molecule has 2 heterocycles. The van der Waals surface area contributed by atoms with E-state index >= 15 is 0 Å². The van der Waals surface area contributed by atoms with E-state index < -0.39 is 5.97 Å². The summed E-state index contributed by atoms with van der Waals surface area (Å²) in [4.78, 5) is 18.9. The van der Waals surface area contributed by atoms with E-state index in [4.69, 9.17) is 5.11 Å². The Morgan fingerprint density at radius 1 is 1.44 bits per heavy atom. The predicted molar refractivity (Wildman–Crippen MR) is 64.7 cm³/mol. The molecular formula is C11H13N5O2. The van der Waals surface area contributed by atoms with Crippen molar-refractivity contribution in [3.8, 4) is 0 Å². The van der Waals surface area contributed by atoms with E-state index in [0.717, 1.165) is 11.3 Å². The molecule has 0 aliphatic rings. The Bertz CT molecular complexity index is 579. The molecule has 2 aromatic heterocycles. The molecule has 0 saturated carbocycles. The number of carboxylic acid groups (broad SMARTS) is 1. The van der Waals surface area contributed by atoms with Gasteiger partial charge in [0, 0.05) is 18.1 Å². The molecule has 0 radical (unpaired) electrons. The number of aliphatic carboxylic acids is 1. The van der Waals surface area contributed by atoms with Gasteiger partial charge in [-0.15, -0.1) is 0 Å². The SMILES string of the molecule is Cc1cnc(Nc2cnn(CC(=O)O)c2)nc1C. The molecule has 2 N–H and O–H groups in total. The molecular weight excluding hydrogens is 234 g/mol. The summed E-state index contributed by atoms with van der Waals surface area (Å²) in [6.07, 6.45) is 4.85. The normalized spacial score (nSPS) is 10.3. The predicted octanol–water partition coefficient (Wildman–Crippen LogP) is 1.12. The smallest absolute Gasteiger partial charge is 0.325 e. The standard InChI is InChI=1S/C11H13N5O2/c1-7-3-12-11(14-8(7)2)15-9-4-13-16(5-9)6-10(17)18/h3-5H,6H2,1-2H3,(H,17,18)(H,12,14,15). The summed E-state index contributed by atoms with van der Waals surface area (Å²) in [5.74, 6) is -0.472. The minimum absolute atomic E-state index is 0.171. The zero-order chi connectivity index (χ0) is 13.1. The van der Waals surface area contributed by atoms with Gasteiger partial charge in [0.25, 0.3) is 0 Å². The number of hydrogen-bond donors (Lipinski definition) is 2. The second-order valence-corrected chi connectivity index (χ2v) is 3.91. The maximum atomic E-state index is 10.5. The largest absolute Gasteiger partial charge is 0.480 e. The number of aromatic nitrogens is 4. The van der Waals surface area contributed by atoms with Gasteiger partial charge in [-0.3, -0.25) is 9.48 Å². The van der Waals surface area contributed by atoms with Gasteiger partial charge in [0.05, 0.1) is 11.9 Å². The first-order valence-electron chi connectivity index (χ1n) is 5.36. The third-order valence-corrected chi connectivity index (χ3v) is 2.41. The van der Waals surface area contributed by atoms with Crippen LogP contribution < -0.4 is 5.32 Å². The van der Waals surface area contributed by atoms with Crippen molar-refractivity contribution in [2.75, 3.05) is 5.32 Å². The average molecular weight is 247 g/mol. The summed E-state index contributed by atoms with van der Waals surface area (Å²) in [7, 11) is 0. The highest BCUT2D eigenvalue weighted by Gasteiger charge is 2.04. The molecule has 0 aliphatic heterocycles. The Balaban J connectivity index is 2.11. The Kier molecular flexibility index (Phi) is 3.22. The molecule has 7 nitrogen and oxygen atoms in total. The molecule has 0 spiro atoms. The molecule has 0 bridgehead atoms. The lowest BCUT2D eigenvalue weighted by Crippen LogP contribution is -2.08. The molecule has 0 aromatic carbocycles. The monoisotopic (exact) mass is 247 g/mol. The van der Waals surface area contributed by atoms with Crippen LogP contribution in [-0.2, 0) is 11.3 Å². The van der Waals surface area contributed by atoms with Gasteiger partial charge in [0.15, 0.2) is 0 Å². The van der Waals surface area contributed by atoms with Gasteiger partial charge < -0.3 is 10.4 Å². The lowest BCUT2D eigenvalue weighted by atomic mass is 10.3. The van der Waals surface area contributed by atoms with E-state index in [2.05, 4.69) is 20.4 Å². The molecule has 0 atom stereocenters. The molecule has 0 saturated heterocycles. The third kappa shape index (κ3) is 2.82. The maximum Gasteiger partial charge on any atom is 0.325 e. The van der Waals surface area contributed by atoms with Crippen LogP contribution in [0.4, 0.5) is 11.6 Å². The first-order valence-corrected chi connectivity index (χ1v) is 5.36. The first-order chi connectivity index (χ1) is 8.54. The van der Waals surface area contributed by atoms with Gasteiger partial charge in [-0.25, -0.2) is 9.97 Å². The van der Waals surface area contributed by atoms with Gasteiger partial charge in [-0.1, -0.05) is 0 Å². The number of carboxylic acids is 1. The van der Waals surface area contributed by atoms with Crippen LogP contribution in [0.2, 0.25) is 0 Å². The number of hydrogen-bond acceptors (Lipinski definition) is 5. The van der Waals surface area contributed by atoms with Crippen molar-refractivity contribution >= 4 is 17.6 Å². The van der Waals surface area contributed by atoms with E-state index in [9.17, 15) is 4.79 Å². The Labute approximate surface area is 104 Å². The molecule has 0 unspecified atom stereocenters. The third-order valence-electron chi connectivity index (χ3n) is 2.41. The molecule has 7 heteroatoms. The lowest BCUT2D eigenvalue weighted by Gasteiger charge is -2.03. The molecule has 0 aliphatic carbocycles. The van der Waals surface area contributed by atoms with Gasteiger partial charge in [-0.05, 0) is 19.4 Å². The van der Waals surface area contributed by atoms with Crippen molar-refractivity contribution < 1.29 is 9.90 Å². The number of anilines is 2. The lowest BCUT2D eigenvalue weighted by molar-refractivity contribution is -0.137. The van der Waals surface area contributed by atoms with Crippen LogP contribution in [0.1, 0.15) is 11.3 Å². The molecule has 2 aromatic rings. The topological polar surface area (TPSA) is 92.9 Å². The molecule has 0 fully saturated rings. The summed E-state index contributed by atoms with van der Waals surface area (Å²) in [6.45, 7) is 3.66. The fraction of sp³-hybridized carbons (Fsp3) is 0.273. The second-order valence-electron chi connectivity index (χ2n) is 3.91. The van der Waals surface area contributed by atoms with Crippen LogP contribution in [0.5, 0.6) is 0 Å². The minimum atomic E-state index is -0.938. The van der Waals surface area contributed by atoms with E-state index in [0.29, 0.717) is 11.6 Å². The van der Waals surface area contributed by atoms with Crippen molar-refractivity contribution in [1.29, 1.82) is 0 Å². The number of rotatable bonds is 4. The fourth-order valence-electron chi connectivity index (χ4n) is 1.37. The van der Waals surface area contributed by atoms with Crippen LogP contribution in [-0.4, -0.2) is 30.8 Å². The average Bonchev–Trinajstić information content (AvgIpc) is 2.70. The minimum Gasteiger partial charge on any atom is -0.480 e. The summed E-state index contributed by atoms with van der Waals surface area (Å²) < 4.78 is 1.33. The van der Waals surface area contributed by atoms with Crippen molar-refractivity contribution in [2.45, 2.75) is 20.4 Å². The van der Waals surface area contributed by atoms with Crippen LogP contribution in [0.3, 0.4) is 0 Å². The fourth-order valence-corrected chi connectivity index (χ4v) is 1.37. The van der Waals surface area contributed by atoms with Crippen molar-refractivity contribution in [1.82, 2.24) is 19.7 Å². The van der Waals surface area contributed by atoms with Gasteiger partial charge >= 0.3 is 5.97 Å². The van der Waals surface area contributed by atoms with Crippen molar-refractivity contribution in [2.24, 2.45) is 0 Å². The Morgan fingerprint density at radius 2 is 2.22 bits per heavy atom.